The van der Waals surface area contributed by atoms with Crippen molar-refractivity contribution in [3.8, 4) is 11.1 Å². The van der Waals surface area contributed by atoms with Crippen molar-refractivity contribution in [3.63, 3.8) is 0 Å². The summed E-state index contributed by atoms with van der Waals surface area (Å²) in [5, 5.41) is 0.637. The number of nitrogens with zero attached hydrogens (tertiary/aromatic N) is 3. The van der Waals surface area contributed by atoms with Crippen molar-refractivity contribution >= 4 is 41.7 Å². The van der Waals surface area contributed by atoms with Crippen LogP contribution in [-0.4, -0.2) is 63.8 Å². The van der Waals surface area contributed by atoms with Gasteiger partial charge in [-0.15, -0.1) is 0 Å². The molecule has 38 heavy (non-hydrogen) atoms. The molecule has 1 saturated heterocycles. The molecule has 2 N–H and O–H groups in total. The summed E-state index contributed by atoms with van der Waals surface area (Å²) in [5.41, 5.74) is 2.26. The van der Waals surface area contributed by atoms with Crippen molar-refractivity contribution in [1.29, 1.82) is 0 Å². The molecule has 0 amide bonds. The van der Waals surface area contributed by atoms with Crippen molar-refractivity contribution in [2.45, 2.75) is 35.6 Å². The molecule has 2 aromatic heterocycles. The molecule has 0 bridgehead atoms. The Balaban J connectivity index is 1.48. The van der Waals surface area contributed by atoms with Gasteiger partial charge in [0.15, 0.2) is 5.65 Å². The number of sulfonamides is 1. The summed E-state index contributed by atoms with van der Waals surface area (Å²) in [6.45, 7) is 1.71. The van der Waals surface area contributed by atoms with Crippen molar-refractivity contribution in [2.75, 3.05) is 18.6 Å². The molecule has 2 aromatic carbocycles. The number of aromatic nitrogens is 2. The molecule has 0 saturated carbocycles. The Kier molecular flexibility index (Phi) is 6.91. The van der Waals surface area contributed by atoms with Gasteiger partial charge in [-0.25, -0.2) is 25.8 Å². The maximum Gasteiger partial charge on any atom is 0.269 e. The molecule has 4 aromatic rings. The maximum atomic E-state index is 13.4. The Morgan fingerprint density at radius 3 is 2.18 bits per heavy atom. The molecule has 1 aliphatic heterocycles. The minimum Gasteiger partial charge on any atom is -0.299 e. The van der Waals surface area contributed by atoms with Crippen LogP contribution in [0.25, 0.3) is 22.2 Å². The van der Waals surface area contributed by atoms with E-state index in [1.807, 2.05) is 0 Å². The lowest BCUT2D eigenvalue weighted by Gasteiger charge is -2.41. The van der Waals surface area contributed by atoms with Crippen LogP contribution in [0.4, 0.5) is 0 Å². The van der Waals surface area contributed by atoms with Crippen molar-refractivity contribution < 1.29 is 25.9 Å². The van der Waals surface area contributed by atoms with Crippen LogP contribution in [0.2, 0.25) is 0 Å². The fourth-order valence-corrected chi connectivity index (χ4v) is 9.32. The fourth-order valence-electron chi connectivity index (χ4n) is 4.88. The summed E-state index contributed by atoms with van der Waals surface area (Å²) in [7, 11) is -8.73. The number of pyridine rings is 1. The van der Waals surface area contributed by atoms with Crippen LogP contribution in [0.1, 0.15) is 18.5 Å². The van der Waals surface area contributed by atoms with Crippen LogP contribution < -0.4 is 0 Å². The van der Waals surface area contributed by atoms with Crippen LogP contribution in [-0.2, 0) is 20.0 Å². The molecule has 1 fully saturated rings. The van der Waals surface area contributed by atoms with E-state index >= 15 is 0 Å². The van der Waals surface area contributed by atoms with E-state index in [1.54, 1.807) is 67.7 Å². The van der Waals surface area contributed by atoms with Crippen LogP contribution >= 0.6 is 10.6 Å². The van der Waals surface area contributed by atoms with Gasteiger partial charge in [0.25, 0.3) is 10.0 Å². The highest BCUT2D eigenvalue weighted by Crippen LogP contribution is 2.45. The Hall–Kier alpha value is -2.74. The Morgan fingerprint density at radius 2 is 1.55 bits per heavy atom. The lowest BCUT2D eigenvalue weighted by Crippen LogP contribution is -2.41. The van der Waals surface area contributed by atoms with Crippen LogP contribution in [0.5, 0.6) is 0 Å². The zero-order chi connectivity index (χ0) is 27.3. The van der Waals surface area contributed by atoms with Crippen LogP contribution in [0, 0.1) is 6.92 Å². The van der Waals surface area contributed by atoms with E-state index in [9.17, 15) is 25.9 Å². The second-order valence-electron chi connectivity index (χ2n) is 9.45. The number of fused-ring (bicyclic) bond motifs is 1. The van der Waals surface area contributed by atoms with Gasteiger partial charge in [0, 0.05) is 41.9 Å². The average Bonchev–Trinajstić information content (AvgIpc) is 3.25. The summed E-state index contributed by atoms with van der Waals surface area (Å²) in [4.78, 5) is 4.66. The van der Waals surface area contributed by atoms with Crippen molar-refractivity contribution in [3.05, 3.63) is 78.6 Å². The monoisotopic (exact) mass is 575 g/mol. The quantitative estimate of drug-likeness (QED) is 0.338. The topological polar surface area (TPSA) is 130 Å². The number of benzene rings is 2. The lowest BCUT2D eigenvalue weighted by atomic mass is 10.0. The standard InChI is InChI=1S/C26H29N3O6S3/c1-19-18-25-24(12-15-27-26(25)29(19)38(34,35)22-6-4-3-5-7-22)20-8-10-23(11-9-20)37(32,33)28(2)21-13-16-36(30,31)17-14-21/h3-12,15,18,21,30-31H,13-14,16-17H2,1-2H3. The van der Waals surface area contributed by atoms with Crippen LogP contribution in [0.3, 0.4) is 0 Å². The van der Waals surface area contributed by atoms with E-state index in [0.717, 1.165) is 11.1 Å². The molecule has 9 nitrogen and oxygen atoms in total. The first-order valence-electron chi connectivity index (χ1n) is 12.0. The Labute approximate surface area is 224 Å². The molecule has 12 heteroatoms. The van der Waals surface area contributed by atoms with Crippen molar-refractivity contribution in [2.24, 2.45) is 0 Å². The second-order valence-corrected chi connectivity index (χ2v) is 15.7. The lowest BCUT2D eigenvalue weighted by molar-refractivity contribution is 0.332. The van der Waals surface area contributed by atoms with Gasteiger partial charge in [-0.05, 0) is 67.3 Å². The van der Waals surface area contributed by atoms with Gasteiger partial charge in [0.05, 0.1) is 9.79 Å². The molecule has 0 atom stereocenters. The Bertz CT molecular complexity index is 1690. The summed E-state index contributed by atoms with van der Waals surface area (Å²) >= 11 is 0. The highest BCUT2D eigenvalue weighted by atomic mass is 32.3. The van der Waals surface area contributed by atoms with Crippen molar-refractivity contribution in [1.82, 2.24) is 13.3 Å². The largest absolute Gasteiger partial charge is 0.299 e. The van der Waals surface area contributed by atoms with E-state index in [-0.39, 0.29) is 27.3 Å². The molecule has 5 rings (SSSR count). The molecule has 0 spiro atoms. The predicted molar refractivity (Wildman–Crippen MR) is 149 cm³/mol. The number of rotatable bonds is 6. The predicted octanol–water partition coefficient (Wildman–Crippen LogP) is 4.78. The first-order chi connectivity index (χ1) is 17.9. The van der Waals surface area contributed by atoms with Gasteiger partial charge in [-0.1, -0.05) is 30.3 Å². The van der Waals surface area contributed by atoms with Gasteiger partial charge in [-0.2, -0.15) is 14.9 Å². The van der Waals surface area contributed by atoms with E-state index in [2.05, 4.69) is 4.98 Å². The average molecular weight is 576 g/mol. The third kappa shape index (κ3) is 4.76. The van der Waals surface area contributed by atoms with E-state index in [1.165, 1.54) is 27.5 Å². The second kappa shape index (κ2) is 9.78. The smallest absolute Gasteiger partial charge is 0.269 e. The Morgan fingerprint density at radius 1 is 0.921 bits per heavy atom. The SMILES string of the molecule is Cc1cc2c(-c3ccc(S(=O)(=O)N(C)C4CCS(O)(O)CC4)cc3)ccnc2n1S(=O)(=O)c1ccccc1. The van der Waals surface area contributed by atoms with E-state index in [4.69, 9.17) is 0 Å². The highest BCUT2D eigenvalue weighted by Gasteiger charge is 2.33. The molecule has 0 unspecified atom stereocenters. The third-order valence-electron chi connectivity index (χ3n) is 7.03. The van der Waals surface area contributed by atoms with Gasteiger partial charge >= 0.3 is 0 Å². The van der Waals surface area contributed by atoms with Gasteiger partial charge in [0.2, 0.25) is 10.0 Å². The summed E-state index contributed by atoms with van der Waals surface area (Å²) in [5.74, 6) is 0.404. The molecule has 0 radical (unpaired) electrons. The minimum atomic E-state index is -3.87. The zero-order valence-electron chi connectivity index (χ0n) is 20.9. The first kappa shape index (κ1) is 26.9. The molecular formula is C26H29N3O6S3. The zero-order valence-corrected chi connectivity index (χ0v) is 23.4. The maximum absolute atomic E-state index is 13.4. The first-order valence-corrected chi connectivity index (χ1v) is 16.8. The minimum absolute atomic E-state index is 0.131. The van der Waals surface area contributed by atoms with E-state index in [0.29, 0.717) is 29.6 Å². The summed E-state index contributed by atoms with van der Waals surface area (Å²) in [6.07, 6.45) is 2.33. The number of aryl methyl sites for hydroxylation is 1. The normalized spacial score (nSPS) is 17.6. The van der Waals surface area contributed by atoms with Gasteiger partial charge in [0.1, 0.15) is 0 Å². The van der Waals surface area contributed by atoms with Gasteiger partial charge in [-0.3, -0.25) is 9.11 Å². The summed E-state index contributed by atoms with van der Waals surface area (Å²) < 4.78 is 75.6. The molecule has 1 aliphatic rings. The third-order valence-corrected chi connectivity index (χ3v) is 12.5. The molecule has 202 valence electrons. The molecule has 0 aliphatic carbocycles. The fraction of sp³-hybridized carbons (Fsp3) is 0.269. The number of hydrogen-bond acceptors (Lipinski definition) is 7. The van der Waals surface area contributed by atoms with Crippen LogP contribution in [0.15, 0.2) is 82.7 Å². The summed E-state index contributed by atoms with van der Waals surface area (Å²) in [6, 6.07) is 17.9. The molecular weight excluding hydrogens is 547 g/mol. The number of hydrogen-bond donors (Lipinski definition) is 2. The highest BCUT2D eigenvalue weighted by molar-refractivity contribution is 8.24. The molecule has 3 heterocycles. The van der Waals surface area contributed by atoms with Gasteiger partial charge < -0.3 is 0 Å². The van der Waals surface area contributed by atoms with E-state index < -0.39 is 30.6 Å².